The first-order chi connectivity index (χ1) is 9.92. The lowest BCUT2D eigenvalue weighted by atomic mass is 10.1. The SMILES string of the molecule is CN=C(C)C1=NC(C(C)=Nc2c(C)cc(C)cc2C)=CC1. The molecule has 0 aliphatic carbocycles. The second-order valence-electron chi connectivity index (χ2n) is 5.61. The van der Waals surface area contributed by atoms with Gasteiger partial charge in [0.1, 0.15) is 0 Å². The number of aliphatic imine (C=N–C) groups is 3. The first-order valence-electron chi connectivity index (χ1n) is 7.27. The Bertz CT molecular complexity index is 665. The van der Waals surface area contributed by atoms with Crippen LogP contribution in [0.1, 0.15) is 37.0 Å². The summed E-state index contributed by atoms with van der Waals surface area (Å²) in [4.78, 5) is 13.6. The van der Waals surface area contributed by atoms with Gasteiger partial charge in [0.05, 0.1) is 28.5 Å². The van der Waals surface area contributed by atoms with Crippen LogP contribution in [0.5, 0.6) is 0 Å². The van der Waals surface area contributed by atoms with Crippen LogP contribution in [-0.4, -0.2) is 24.2 Å². The molecule has 0 radical (unpaired) electrons. The van der Waals surface area contributed by atoms with Gasteiger partial charge in [0, 0.05) is 13.5 Å². The highest BCUT2D eigenvalue weighted by Crippen LogP contribution is 2.26. The van der Waals surface area contributed by atoms with E-state index >= 15 is 0 Å². The summed E-state index contributed by atoms with van der Waals surface area (Å²) < 4.78 is 0. The number of nitrogens with zero attached hydrogens (tertiary/aromatic N) is 3. The Labute approximate surface area is 127 Å². The maximum atomic E-state index is 4.80. The fraction of sp³-hybridized carbons (Fsp3) is 0.389. The lowest BCUT2D eigenvalue weighted by molar-refractivity contribution is 1.28. The summed E-state index contributed by atoms with van der Waals surface area (Å²) in [6.45, 7) is 10.4. The number of hydrogen-bond donors (Lipinski definition) is 0. The zero-order valence-corrected chi connectivity index (χ0v) is 13.8. The molecule has 0 unspecified atom stereocenters. The second-order valence-corrected chi connectivity index (χ2v) is 5.61. The van der Waals surface area contributed by atoms with Crippen molar-refractivity contribution >= 4 is 22.8 Å². The van der Waals surface area contributed by atoms with E-state index in [9.17, 15) is 0 Å². The van der Waals surface area contributed by atoms with Gasteiger partial charge in [0.25, 0.3) is 0 Å². The van der Waals surface area contributed by atoms with Crippen molar-refractivity contribution < 1.29 is 0 Å². The maximum absolute atomic E-state index is 4.80. The van der Waals surface area contributed by atoms with E-state index in [0.29, 0.717) is 0 Å². The van der Waals surface area contributed by atoms with Crippen molar-refractivity contribution in [2.45, 2.75) is 41.0 Å². The molecule has 2 rings (SSSR count). The van der Waals surface area contributed by atoms with E-state index in [2.05, 4.69) is 49.0 Å². The molecule has 0 spiro atoms. The first-order valence-corrected chi connectivity index (χ1v) is 7.27. The van der Waals surface area contributed by atoms with Gasteiger partial charge in [-0.1, -0.05) is 23.8 Å². The largest absolute Gasteiger partial charge is 0.291 e. The third kappa shape index (κ3) is 3.35. The molecule has 1 aliphatic rings. The van der Waals surface area contributed by atoms with Crippen molar-refractivity contribution in [3.8, 4) is 0 Å². The molecular formula is C18H23N3. The van der Waals surface area contributed by atoms with Gasteiger partial charge in [-0.2, -0.15) is 0 Å². The van der Waals surface area contributed by atoms with E-state index < -0.39 is 0 Å². The standard InChI is InChI=1S/C18H23N3/c1-11-9-12(2)18(13(3)10-11)20-15(5)17-8-7-16(21-17)14(4)19-6/h8-10H,7H2,1-6H3. The Morgan fingerprint density at radius 2 is 1.67 bits per heavy atom. The van der Waals surface area contributed by atoms with Crippen molar-refractivity contribution in [2.75, 3.05) is 7.05 Å². The van der Waals surface area contributed by atoms with E-state index in [4.69, 9.17) is 4.99 Å². The number of aryl methyl sites for hydroxylation is 3. The molecule has 1 aliphatic heterocycles. The molecule has 1 aromatic carbocycles. The van der Waals surface area contributed by atoms with Crippen molar-refractivity contribution in [1.82, 2.24) is 0 Å². The molecule has 0 saturated carbocycles. The van der Waals surface area contributed by atoms with Crippen LogP contribution in [0.25, 0.3) is 0 Å². The average molecular weight is 281 g/mol. The van der Waals surface area contributed by atoms with Crippen molar-refractivity contribution in [1.29, 1.82) is 0 Å². The Morgan fingerprint density at radius 3 is 2.24 bits per heavy atom. The number of rotatable bonds is 3. The van der Waals surface area contributed by atoms with Crippen LogP contribution in [-0.2, 0) is 0 Å². The van der Waals surface area contributed by atoms with E-state index in [1.165, 1.54) is 16.7 Å². The fourth-order valence-electron chi connectivity index (χ4n) is 2.59. The highest BCUT2D eigenvalue weighted by Gasteiger charge is 2.13. The Kier molecular flexibility index (Phi) is 4.51. The van der Waals surface area contributed by atoms with Crippen LogP contribution in [0.15, 0.2) is 38.9 Å². The van der Waals surface area contributed by atoms with E-state index in [1.54, 1.807) is 7.05 Å². The van der Waals surface area contributed by atoms with Gasteiger partial charge in [-0.3, -0.25) is 9.98 Å². The van der Waals surface area contributed by atoms with Crippen LogP contribution in [0.2, 0.25) is 0 Å². The summed E-state index contributed by atoms with van der Waals surface area (Å²) in [5, 5.41) is 0. The van der Waals surface area contributed by atoms with E-state index in [-0.39, 0.29) is 0 Å². The maximum Gasteiger partial charge on any atom is 0.0810 e. The minimum absolute atomic E-state index is 0.844. The summed E-state index contributed by atoms with van der Waals surface area (Å²) in [5.74, 6) is 0. The fourth-order valence-corrected chi connectivity index (χ4v) is 2.59. The zero-order chi connectivity index (χ0) is 15.6. The third-order valence-corrected chi connectivity index (χ3v) is 3.78. The first kappa shape index (κ1) is 15.4. The van der Waals surface area contributed by atoms with Crippen LogP contribution in [0.3, 0.4) is 0 Å². The molecule has 1 aromatic rings. The molecule has 0 amide bonds. The van der Waals surface area contributed by atoms with Crippen LogP contribution >= 0.6 is 0 Å². The Balaban J connectivity index is 2.34. The smallest absolute Gasteiger partial charge is 0.0810 e. The van der Waals surface area contributed by atoms with Gasteiger partial charge < -0.3 is 0 Å². The third-order valence-electron chi connectivity index (χ3n) is 3.78. The van der Waals surface area contributed by atoms with Crippen molar-refractivity contribution in [3.63, 3.8) is 0 Å². The van der Waals surface area contributed by atoms with Gasteiger partial charge in [0.15, 0.2) is 0 Å². The Hall–Kier alpha value is -2.03. The number of hydrogen-bond acceptors (Lipinski definition) is 3. The number of benzene rings is 1. The molecule has 21 heavy (non-hydrogen) atoms. The molecule has 0 aromatic heterocycles. The van der Waals surface area contributed by atoms with Crippen molar-refractivity contribution in [3.05, 3.63) is 40.6 Å². The van der Waals surface area contributed by atoms with E-state index in [1.807, 2.05) is 13.8 Å². The molecule has 0 atom stereocenters. The van der Waals surface area contributed by atoms with Gasteiger partial charge in [-0.15, -0.1) is 0 Å². The predicted molar refractivity (Wildman–Crippen MR) is 92.6 cm³/mol. The lowest BCUT2D eigenvalue weighted by Crippen LogP contribution is -2.06. The van der Waals surface area contributed by atoms with Gasteiger partial charge >= 0.3 is 0 Å². The molecule has 0 saturated heterocycles. The molecule has 0 bridgehead atoms. The lowest BCUT2D eigenvalue weighted by Gasteiger charge is -2.08. The van der Waals surface area contributed by atoms with Gasteiger partial charge in [-0.05, 0) is 45.7 Å². The van der Waals surface area contributed by atoms with Gasteiger partial charge in [0.2, 0.25) is 0 Å². The highest BCUT2D eigenvalue weighted by molar-refractivity contribution is 6.43. The summed E-state index contributed by atoms with van der Waals surface area (Å²) in [5.41, 5.74) is 8.72. The number of allylic oxidation sites excluding steroid dienone is 2. The normalized spacial score (nSPS) is 16.1. The van der Waals surface area contributed by atoms with E-state index in [0.717, 1.165) is 34.9 Å². The monoisotopic (exact) mass is 281 g/mol. The molecular weight excluding hydrogens is 258 g/mol. The molecule has 3 nitrogen and oxygen atoms in total. The summed E-state index contributed by atoms with van der Waals surface area (Å²) in [6, 6.07) is 4.34. The van der Waals surface area contributed by atoms with Crippen LogP contribution < -0.4 is 0 Å². The van der Waals surface area contributed by atoms with Crippen LogP contribution in [0, 0.1) is 20.8 Å². The Morgan fingerprint density at radius 1 is 1.05 bits per heavy atom. The minimum Gasteiger partial charge on any atom is -0.291 e. The molecule has 0 N–H and O–H groups in total. The summed E-state index contributed by atoms with van der Waals surface area (Å²) in [6.07, 6.45) is 2.97. The van der Waals surface area contributed by atoms with Crippen LogP contribution in [0.4, 0.5) is 5.69 Å². The van der Waals surface area contributed by atoms with Crippen molar-refractivity contribution in [2.24, 2.45) is 15.0 Å². The second kappa shape index (κ2) is 6.17. The molecule has 1 heterocycles. The topological polar surface area (TPSA) is 37.1 Å². The zero-order valence-electron chi connectivity index (χ0n) is 13.8. The van der Waals surface area contributed by atoms with Gasteiger partial charge in [-0.25, -0.2) is 4.99 Å². The molecule has 110 valence electrons. The summed E-state index contributed by atoms with van der Waals surface area (Å²) in [7, 11) is 1.80. The molecule has 3 heteroatoms. The average Bonchev–Trinajstić information content (AvgIpc) is 2.91. The quantitative estimate of drug-likeness (QED) is 0.730. The summed E-state index contributed by atoms with van der Waals surface area (Å²) >= 11 is 0. The predicted octanol–water partition coefficient (Wildman–Crippen LogP) is 4.52. The molecule has 0 fully saturated rings. The highest BCUT2D eigenvalue weighted by atomic mass is 14.9. The minimum atomic E-state index is 0.844.